The predicted octanol–water partition coefficient (Wildman–Crippen LogP) is 3.36. The second-order valence-corrected chi connectivity index (χ2v) is 5.84. The third-order valence-electron chi connectivity index (χ3n) is 3.80. The van der Waals surface area contributed by atoms with Gasteiger partial charge in [-0.25, -0.2) is 0 Å². The summed E-state index contributed by atoms with van der Waals surface area (Å²) in [5, 5.41) is 6.61. The molecular weight excluding hydrogens is 326 g/mol. The van der Waals surface area contributed by atoms with E-state index < -0.39 is 0 Å². The molecule has 2 rings (SSSR count). The lowest BCUT2D eigenvalue weighted by Crippen LogP contribution is -2.39. The summed E-state index contributed by atoms with van der Waals surface area (Å²) in [5.41, 5.74) is 2.42. The van der Waals surface area contributed by atoms with E-state index in [9.17, 15) is 0 Å². The molecule has 5 heteroatoms. The van der Waals surface area contributed by atoms with Crippen LogP contribution in [0.3, 0.4) is 0 Å². The molecule has 26 heavy (non-hydrogen) atoms. The molecule has 0 aromatic heterocycles. The Hall–Kier alpha value is -2.53. The van der Waals surface area contributed by atoms with Crippen molar-refractivity contribution >= 4 is 5.96 Å². The number of aliphatic imine (C=N–C) groups is 1. The number of hydrogen-bond donors (Lipinski definition) is 2. The Labute approximate surface area is 156 Å². The first-order valence-corrected chi connectivity index (χ1v) is 9.10. The number of ether oxygens (including phenoxy) is 2. The van der Waals surface area contributed by atoms with Crippen molar-refractivity contribution in [1.82, 2.24) is 10.6 Å². The average Bonchev–Trinajstić information content (AvgIpc) is 2.69. The van der Waals surface area contributed by atoms with Gasteiger partial charge in [-0.05, 0) is 29.7 Å². The number of guanidine groups is 1. The standard InChI is InChI=1S/C21H29N3O2/c1-3-14-25-17-19-10-8-7-9-18(19)16-24-21(22-2)23-13-15-26-20-11-5-4-6-12-20/h4-12H,3,13-17H2,1-2H3,(H2,22,23,24). The van der Waals surface area contributed by atoms with E-state index >= 15 is 0 Å². The molecule has 0 atom stereocenters. The Balaban J connectivity index is 1.74. The zero-order valence-electron chi connectivity index (χ0n) is 15.7. The molecule has 5 nitrogen and oxygen atoms in total. The maximum Gasteiger partial charge on any atom is 0.191 e. The molecule has 0 radical (unpaired) electrons. The summed E-state index contributed by atoms with van der Waals surface area (Å²) in [5.74, 6) is 1.63. The number of rotatable bonds is 10. The van der Waals surface area contributed by atoms with Crippen LogP contribution < -0.4 is 15.4 Å². The van der Waals surface area contributed by atoms with Crippen molar-refractivity contribution in [1.29, 1.82) is 0 Å². The Morgan fingerprint density at radius 2 is 1.65 bits per heavy atom. The molecule has 0 amide bonds. The van der Waals surface area contributed by atoms with Crippen molar-refractivity contribution in [3.05, 3.63) is 65.7 Å². The van der Waals surface area contributed by atoms with Crippen LogP contribution in [0.5, 0.6) is 5.75 Å². The normalized spacial score (nSPS) is 11.2. The van der Waals surface area contributed by atoms with Gasteiger partial charge in [-0.15, -0.1) is 0 Å². The minimum absolute atomic E-state index is 0.576. The summed E-state index contributed by atoms with van der Waals surface area (Å²) in [4.78, 5) is 4.26. The molecule has 140 valence electrons. The molecule has 0 bridgehead atoms. The highest BCUT2D eigenvalue weighted by Gasteiger charge is 2.04. The number of hydrogen-bond acceptors (Lipinski definition) is 3. The molecule has 0 saturated heterocycles. The van der Waals surface area contributed by atoms with Crippen LogP contribution in [0.25, 0.3) is 0 Å². The SMILES string of the molecule is CCCOCc1ccccc1CNC(=NC)NCCOc1ccccc1. The van der Waals surface area contributed by atoms with Gasteiger partial charge in [0, 0.05) is 20.2 Å². The summed E-state index contributed by atoms with van der Waals surface area (Å²) in [7, 11) is 1.77. The van der Waals surface area contributed by atoms with E-state index in [1.807, 2.05) is 42.5 Å². The van der Waals surface area contributed by atoms with Gasteiger partial charge in [-0.2, -0.15) is 0 Å². The first-order chi connectivity index (χ1) is 12.8. The maximum absolute atomic E-state index is 5.68. The first-order valence-electron chi connectivity index (χ1n) is 9.10. The monoisotopic (exact) mass is 355 g/mol. The summed E-state index contributed by atoms with van der Waals surface area (Å²) in [6, 6.07) is 18.1. The molecule has 0 aliphatic carbocycles. The number of benzene rings is 2. The Morgan fingerprint density at radius 3 is 2.38 bits per heavy atom. The molecule has 0 fully saturated rings. The third kappa shape index (κ3) is 7.15. The molecule has 2 aromatic rings. The average molecular weight is 355 g/mol. The zero-order valence-corrected chi connectivity index (χ0v) is 15.7. The van der Waals surface area contributed by atoms with E-state index in [2.05, 4.69) is 34.7 Å². The van der Waals surface area contributed by atoms with E-state index in [4.69, 9.17) is 9.47 Å². The van der Waals surface area contributed by atoms with E-state index in [0.717, 1.165) is 24.7 Å². The van der Waals surface area contributed by atoms with E-state index in [1.165, 1.54) is 11.1 Å². The molecule has 0 spiro atoms. The van der Waals surface area contributed by atoms with Gasteiger partial charge in [-0.1, -0.05) is 49.4 Å². The van der Waals surface area contributed by atoms with E-state index in [1.54, 1.807) is 7.05 Å². The molecule has 0 saturated carbocycles. The second-order valence-electron chi connectivity index (χ2n) is 5.84. The van der Waals surface area contributed by atoms with Gasteiger partial charge in [-0.3, -0.25) is 4.99 Å². The van der Waals surface area contributed by atoms with Crippen molar-refractivity contribution in [2.45, 2.75) is 26.5 Å². The second kappa shape index (κ2) is 11.9. The maximum atomic E-state index is 5.68. The summed E-state index contributed by atoms with van der Waals surface area (Å²) < 4.78 is 11.3. The molecule has 2 N–H and O–H groups in total. The topological polar surface area (TPSA) is 54.9 Å². The third-order valence-corrected chi connectivity index (χ3v) is 3.80. The molecule has 0 aliphatic rings. The lowest BCUT2D eigenvalue weighted by atomic mass is 10.1. The minimum atomic E-state index is 0.576. The van der Waals surface area contributed by atoms with Crippen LogP contribution in [0.2, 0.25) is 0 Å². The molecule has 0 aliphatic heterocycles. The van der Waals surface area contributed by atoms with Crippen molar-refractivity contribution in [2.24, 2.45) is 4.99 Å². The number of para-hydroxylation sites is 1. The van der Waals surface area contributed by atoms with Crippen molar-refractivity contribution in [2.75, 3.05) is 26.8 Å². The molecule has 0 heterocycles. The van der Waals surface area contributed by atoms with Crippen LogP contribution in [0.4, 0.5) is 0 Å². The predicted molar refractivity (Wildman–Crippen MR) is 107 cm³/mol. The van der Waals surface area contributed by atoms with Gasteiger partial charge in [0.2, 0.25) is 0 Å². The van der Waals surface area contributed by atoms with E-state index in [-0.39, 0.29) is 0 Å². The molecular formula is C21H29N3O2. The first kappa shape index (κ1) is 19.8. The van der Waals surface area contributed by atoms with E-state index in [0.29, 0.717) is 26.3 Å². The zero-order chi connectivity index (χ0) is 18.5. The summed E-state index contributed by atoms with van der Waals surface area (Å²) >= 11 is 0. The Kier molecular flexibility index (Phi) is 9.08. The smallest absolute Gasteiger partial charge is 0.191 e. The van der Waals surface area contributed by atoms with Crippen molar-refractivity contribution < 1.29 is 9.47 Å². The van der Waals surface area contributed by atoms with Gasteiger partial charge in [0.25, 0.3) is 0 Å². The van der Waals surface area contributed by atoms with Gasteiger partial charge < -0.3 is 20.1 Å². The fraction of sp³-hybridized carbons (Fsp3) is 0.381. The lowest BCUT2D eigenvalue weighted by Gasteiger charge is -2.14. The fourth-order valence-electron chi connectivity index (χ4n) is 2.45. The Bertz CT molecular complexity index is 659. The summed E-state index contributed by atoms with van der Waals surface area (Å²) in [6.07, 6.45) is 1.03. The van der Waals surface area contributed by atoms with Crippen molar-refractivity contribution in [3.8, 4) is 5.75 Å². The van der Waals surface area contributed by atoms with Gasteiger partial charge in [0.1, 0.15) is 12.4 Å². The highest BCUT2D eigenvalue weighted by molar-refractivity contribution is 5.79. The van der Waals surface area contributed by atoms with Crippen LogP contribution >= 0.6 is 0 Å². The van der Waals surface area contributed by atoms with Gasteiger partial charge in [0.05, 0.1) is 13.2 Å². The lowest BCUT2D eigenvalue weighted by molar-refractivity contribution is 0.121. The van der Waals surface area contributed by atoms with Crippen LogP contribution in [-0.4, -0.2) is 32.8 Å². The molecule has 2 aromatic carbocycles. The number of nitrogens with one attached hydrogen (secondary N) is 2. The van der Waals surface area contributed by atoms with Crippen LogP contribution in [0.1, 0.15) is 24.5 Å². The van der Waals surface area contributed by atoms with Gasteiger partial charge >= 0.3 is 0 Å². The summed E-state index contributed by atoms with van der Waals surface area (Å²) in [6.45, 7) is 5.49. The van der Waals surface area contributed by atoms with Crippen LogP contribution in [0.15, 0.2) is 59.6 Å². The number of nitrogens with zero attached hydrogens (tertiary/aromatic N) is 1. The highest BCUT2D eigenvalue weighted by atomic mass is 16.5. The highest BCUT2D eigenvalue weighted by Crippen LogP contribution is 2.10. The fourth-order valence-corrected chi connectivity index (χ4v) is 2.45. The minimum Gasteiger partial charge on any atom is -0.492 e. The van der Waals surface area contributed by atoms with Crippen molar-refractivity contribution in [3.63, 3.8) is 0 Å². The van der Waals surface area contributed by atoms with Gasteiger partial charge in [0.15, 0.2) is 5.96 Å². The molecule has 0 unspecified atom stereocenters. The van der Waals surface area contributed by atoms with Crippen LogP contribution in [-0.2, 0) is 17.9 Å². The quantitative estimate of drug-likeness (QED) is 0.390. The Morgan fingerprint density at radius 1 is 0.923 bits per heavy atom. The van der Waals surface area contributed by atoms with Crippen LogP contribution in [0, 0.1) is 0 Å². The largest absolute Gasteiger partial charge is 0.492 e.